The molecule has 2 atom stereocenters. The highest BCUT2D eigenvalue weighted by atomic mass is 16.5. The third-order valence-corrected chi connectivity index (χ3v) is 3.36. The van der Waals surface area contributed by atoms with Crippen LogP contribution in [0.15, 0.2) is 42.2 Å². The van der Waals surface area contributed by atoms with Gasteiger partial charge in [-0.3, -0.25) is 0 Å². The van der Waals surface area contributed by atoms with Crippen molar-refractivity contribution in [3.63, 3.8) is 0 Å². The number of hydrogen-bond acceptors (Lipinski definition) is 3. The molecule has 1 aromatic carbocycles. The molecular weight excluding hydrogens is 238 g/mol. The van der Waals surface area contributed by atoms with Crippen molar-refractivity contribution < 1.29 is 9.47 Å². The summed E-state index contributed by atoms with van der Waals surface area (Å²) >= 11 is 0. The van der Waals surface area contributed by atoms with Crippen molar-refractivity contribution in [1.82, 2.24) is 5.32 Å². The van der Waals surface area contributed by atoms with Crippen molar-refractivity contribution in [3.05, 3.63) is 47.7 Å². The van der Waals surface area contributed by atoms with Gasteiger partial charge in [0.05, 0.1) is 12.6 Å². The van der Waals surface area contributed by atoms with E-state index in [4.69, 9.17) is 9.47 Å². The molecule has 0 bridgehead atoms. The number of allylic oxidation sites excluding steroid dienone is 1. The number of nitrogens with one attached hydrogen (secondary N) is 1. The van der Waals surface area contributed by atoms with E-state index in [0.717, 1.165) is 25.2 Å². The molecule has 1 heterocycles. The standard InChI is InChI=1S/C16H23NO2/c1-3-18-16(13-9-5-4-6-10-13)15(17-2)14-11-7-8-12-19-14/h4-6,9-11,15-17H,3,7-8,12H2,1-2H3. The summed E-state index contributed by atoms with van der Waals surface area (Å²) in [6.07, 6.45) is 4.35. The molecule has 1 aromatic rings. The van der Waals surface area contributed by atoms with Gasteiger partial charge in [-0.15, -0.1) is 0 Å². The number of ether oxygens (including phenoxy) is 2. The fraction of sp³-hybridized carbons (Fsp3) is 0.500. The zero-order valence-corrected chi connectivity index (χ0v) is 11.8. The Morgan fingerprint density at radius 3 is 2.68 bits per heavy atom. The maximum atomic E-state index is 5.95. The third-order valence-electron chi connectivity index (χ3n) is 3.36. The fourth-order valence-electron chi connectivity index (χ4n) is 2.44. The van der Waals surface area contributed by atoms with Crippen LogP contribution in [-0.4, -0.2) is 26.3 Å². The Morgan fingerprint density at radius 2 is 2.11 bits per heavy atom. The van der Waals surface area contributed by atoms with Crippen LogP contribution in [0.4, 0.5) is 0 Å². The van der Waals surface area contributed by atoms with Crippen LogP contribution in [0.2, 0.25) is 0 Å². The highest BCUT2D eigenvalue weighted by Gasteiger charge is 2.27. The number of benzene rings is 1. The van der Waals surface area contributed by atoms with Crippen molar-refractivity contribution in [2.45, 2.75) is 31.9 Å². The number of rotatable bonds is 6. The van der Waals surface area contributed by atoms with Crippen molar-refractivity contribution in [1.29, 1.82) is 0 Å². The Labute approximate surface area is 115 Å². The van der Waals surface area contributed by atoms with Crippen LogP contribution in [-0.2, 0) is 9.47 Å². The molecule has 0 aromatic heterocycles. The van der Waals surface area contributed by atoms with Gasteiger partial charge in [-0.2, -0.15) is 0 Å². The smallest absolute Gasteiger partial charge is 0.112 e. The number of hydrogen-bond donors (Lipinski definition) is 1. The highest BCUT2D eigenvalue weighted by Crippen LogP contribution is 2.28. The van der Waals surface area contributed by atoms with E-state index in [2.05, 4.69) is 23.5 Å². The summed E-state index contributed by atoms with van der Waals surface area (Å²) in [4.78, 5) is 0. The molecule has 0 aliphatic carbocycles. The fourth-order valence-corrected chi connectivity index (χ4v) is 2.44. The minimum absolute atomic E-state index is 0.0134. The first-order chi connectivity index (χ1) is 9.36. The summed E-state index contributed by atoms with van der Waals surface area (Å²) in [6, 6.07) is 10.4. The molecule has 19 heavy (non-hydrogen) atoms. The van der Waals surface area contributed by atoms with Gasteiger partial charge in [-0.05, 0) is 38.5 Å². The van der Waals surface area contributed by atoms with Crippen LogP contribution in [0.3, 0.4) is 0 Å². The molecule has 0 saturated carbocycles. The van der Waals surface area contributed by atoms with Crippen LogP contribution in [0.25, 0.3) is 0 Å². The molecule has 0 spiro atoms. The van der Waals surface area contributed by atoms with Gasteiger partial charge in [0.15, 0.2) is 0 Å². The van der Waals surface area contributed by atoms with E-state index in [0.29, 0.717) is 6.61 Å². The molecule has 1 N–H and O–H groups in total. The first-order valence-electron chi connectivity index (χ1n) is 7.03. The van der Waals surface area contributed by atoms with Crippen LogP contribution < -0.4 is 5.32 Å². The second kappa shape index (κ2) is 7.31. The Hall–Kier alpha value is -1.32. The summed E-state index contributed by atoms with van der Waals surface area (Å²) in [5, 5.41) is 3.34. The normalized spacial score (nSPS) is 18.3. The summed E-state index contributed by atoms with van der Waals surface area (Å²) in [7, 11) is 1.96. The van der Waals surface area contributed by atoms with Gasteiger partial charge in [0.1, 0.15) is 11.9 Å². The van der Waals surface area contributed by atoms with E-state index in [-0.39, 0.29) is 12.1 Å². The lowest BCUT2D eigenvalue weighted by Gasteiger charge is -2.30. The van der Waals surface area contributed by atoms with Crippen LogP contribution in [0.1, 0.15) is 31.4 Å². The van der Waals surface area contributed by atoms with Gasteiger partial charge in [-0.1, -0.05) is 30.3 Å². The molecule has 3 heteroatoms. The molecule has 1 aliphatic rings. The van der Waals surface area contributed by atoms with Gasteiger partial charge < -0.3 is 14.8 Å². The number of likely N-dealkylation sites (N-methyl/N-ethyl adjacent to an activating group) is 1. The van der Waals surface area contributed by atoms with Crippen molar-refractivity contribution in [2.75, 3.05) is 20.3 Å². The largest absolute Gasteiger partial charge is 0.496 e. The molecular formula is C16H23NO2. The van der Waals surface area contributed by atoms with Gasteiger partial charge >= 0.3 is 0 Å². The molecule has 0 saturated heterocycles. The van der Waals surface area contributed by atoms with Crippen LogP contribution in [0, 0.1) is 0 Å². The summed E-state index contributed by atoms with van der Waals surface area (Å²) in [5.41, 5.74) is 1.18. The first kappa shape index (κ1) is 14.1. The molecule has 0 fully saturated rings. The van der Waals surface area contributed by atoms with E-state index in [1.165, 1.54) is 5.56 Å². The van der Waals surface area contributed by atoms with Crippen molar-refractivity contribution in [2.24, 2.45) is 0 Å². The lowest BCUT2D eigenvalue weighted by atomic mass is 9.99. The highest BCUT2D eigenvalue weighted by molar-refractivity contribution is 5.23. The third kappa shape index (κ3) is 3.58. The molecule has 1 aliphatic heterocycles. The molecule has 2 unspecified atom stereocenters. The molecule has 104 valence electrons. The predicted octanol–water partition coefficient (Wildman–Crippen LogP) is 3.05. The Morgan fingerprint density at radius 1 is 1.32 bits per heavy atom. The van der Waals surface area contributed by atoms with Gasteiger partial charge in [0, 0.05) is 6.61 Å². The average Bonchev–Trinajstić information content (AvgIpc) is 2.49. The SMILES string of the molecule is CCOC(c1ccccc1)C(NC)C1=CCCCO1. The average molecular weight is 261 g/mol. The van der Waals surface area contributed by atoms with Gasteiger partial charge in [0.25, 0.3) is 0 Å². The molecule has 0 radical (unpaired) electrons. The van der Waals surface area contributed by atoms with E-state index < -0.39 is 0 Å². The lowest BCUT2D eigenvalue weighted by Crippen LogP contribution is -2.37. The molecule has 0 amide bonds. The summed E-state index contributed by atoms with van der Waals surface area (Å²) < 4.78 is 11.7. The minimum atomic E-state index is -0.0134. The van der Waals surface area contributed by atoms with E-state index in [9.17, 15) is 0 Å². The topological polar surface area (TPSA) is 30.5 Å². The van der Waals surface area contributed by atoms with Crippen molar-refractivity contribution in [3.8, 4) is 0 Å². The second-order valence-electron chi connectivity index (χ2n) is 4.65. The van der Waals surface area contributed by atoms with Gasteiger partial charge in [-0.25, -0.2) is 0 Å². The molecule has 3 nitrogen and oxygen atoms in total. The Kier molecular flexibility index (Phi) is 5.43. The Bertz CT molecular complexity index is 402. The van der Waals surface area contributed by atoms with Crippen LogP contribution in [0.5, 0.6) is 0 Å². The van der Waals surface area contributed by atoms with Gasteiger partial charge in [0.2, 0.25) is 0 Å². The minimum Gasteiger partial charge on any atom is -0.496 e. The maximum Gasteiger partial charge on any atom is 0.112 e. The van der Waals surface area contributed by atoms with E-state index in [1.807, 2.05) is 32.2 Å². The zero-order chi connectivity index (χ0) is 13.5. The summed E-state index contributed by atoms with van der Waals surface area (Å²) in [6.45, 7) is 3.52. The summed E-state index contributed by atoms with van der Waals surface area (Å²) in [5.74, 6) is 1.01. The molecule has 2 rings (SSSR count). The zero-order valence-electron chi connectivity index (χ0n) is 11.8. The second-order valence-corrected chi connectivity index (χ2v) is 4.65. The van der Waals surface area contributed by atoms with E-state index >= 15 is 0 Å². The Balaban J connectivity index is 2.23. The maximum absolute atomic E-state index is 5.95. The van der Waals surface area contributed by atoms with Crippen LogP contribution >= 0.6 is 0 Å². The quantitative estimate of drug-likeness (QED) is 0.853. The van der Waals surface area contributed by atoms with E-state index in [1.54, 1.807) is 0 Å². The van der Waals surface area contributed by atoms with Crippen molar-refractivity contribution >= 4 is 0 Å². The first-order valence-corrected chi connectivity index (χ1v) is 7.03. The predicted molar refractivity (Wildman–Crippen MR) is 76.9 cm³/mol. The lowest BCUT2D eigenvalue weighted by molar-refractivity contribution is 0.0236. The monoisotopic (exact) mass is 261 g/mol.